The van der Waals surface area contributed by atoms with Crippen LogP contribution in [0.3, 0.4) is 0 Å². The fourth-order valence-corrected chi connectivity index (χ4v) is 2.28. The van der Waals surface area contributed by atoms with Crippen molar-refractivity contribution in [3.05, 3.63) is 35.9 Å². The fourth-order valence-electron chi connectivity index (χ4n) is 2.16. The predicted molar refractivity (Wildman–Crippen MR) is 67.1 cm³/mol. The third kappa shape index (κ3) is 4.02. The van der Waals surface area contributed by atoms with Gasteiger partial charge in [0.25, 0.3) is 0 Å². The van der Waals surface area contributed by atoms with Crippen LogP contribution in [0.1, 0.15) is 18.4 Å². The van der Waals surface area contributed by atoms with E-state index in [1.165, 1.54) is 5.56 Å². The van der Waals surface area contributed by atoms with Gasteiger partial charge in [0.1, 0.15) is 6.10 Å². The highest BCUT2D eigenvalue weighted by Gasteiger charge is 2.21. The summed E-state index contributed by atoms with van der Waals surface area (Å²) in [5, 5.41) is 0. The topological polar surface area (TPSA) is 29.5 Å². The second-order valence-corrected chi connectivity index (χ2v) is 4.63. The van der Waals surface area contributed by atoms with Crippen molar-refractivity contribution in [1.82, 2.24) is 4.90 Å². The minimum absolute atomic E-state index is 0.00739. The second-order valence-electron chi connectivity index (χ2n) is 4.32. The van der Waals surface area contributed by atoms with Crippen LogP contribution in [0.5, 0.6) is 0 Å². The molecule has 0 radical (unpaired) electrons. The third-order valence-electron chi connectivity index (χ3n) is 3.04. The molecule has 0 atom stereocenters. The van der Waals surface area contributed by atoms with Gasteiger partial charge in [-0.25, -0.2) is 4.79 Å². The first-order valence-electron chi connectivity index (χ1n) is 5.86. The van der Waals surface area contributed by atoms with Crippen LogP contribution in [0.25, 0.3) is 0 Å². The van der Waals surface area contributed by atoms with Gasteiger partial charge < -0.3 is 4.74 Å². The monoisotopic (exact) mass is 253 g/mol. The molecular formula is C13H16ClNO2. The number of ether oxygens (including phenoxy) is 1. The molecule has 1 aromatic rings. The standard InChI is InChI=1S/C13H16ClNO2/c14-13(16)17-12-6-8-15(9-7-12)10-11-4-2-1-3-5-11/h1-5,12H,6-10H2. The van der Waals surface area contributed by atoms with Crippen molar-refractivity contribution in [1.29, 1.82) is 0 Å². The Morgan fingerprint density at radius 3 is 2.53 bits per heavy atom. The van der Waals surface area contributed by atoms with Crippen molar-refractivity contribution in [3.8, 4) is 0 Å². The Hall–Kier alpha value is -1.06. The van der Waals surface area contributed by atoms with Gasteiger partial charge in [-0.2, -0.15) is 0 Å². The highest BCUT2D eigenvalue weighted by molar-refractivity contribution is 6.61. The maximum Gasteiger partial charge on any atom is 0.404 e. The van der Waals surface area contributed by atoms with Crippen molar-refractivity contribution in [3.63, 3.8) is 0 Å². The number of piperidine rings is 1. The highest BCUT2D eigenvalue weighted by Crippen LogP contribution is 2.16. The van der Waals surface area contributed by atoms with Crippen LogP contribution in [0.15, 0.2) is 30.3 Å². The molecule has 4 heteroatoms. The van der Waals surface area contributed by atoms with Crippen LogP contribution >= 0.6 is 11.6 Å². The largest absolute Gasteiger partial charge is 0.450 e. The molecular weight excluding hydrogens is 238 g/mol. The number of halogens is 1. The van der Waals surface area contributed by atoms with E-state index in [1.807, 2.05) is 6.07 Å². The number of likely N-dealkylation sites (tertiary alicyclic amines) is 1. The summed E-state index contributed by atoms with van der Waals surface area (Å²) in [6, 6.07) is 10.4. The average molecular weight is 254 g/mol. The molecule has 1 heterocycles. The van der Waals surface area contributed by atoms with E-state index in [4.69, 9.17) is 16.3 Å². The highest BCUT2D eigenvalue weighted by atomic mass is 35.5. The Morgan fingerprint density at radius 2 is 1.94 bits per heavy atom. The minimum Gasteiger partial charge on any atom is -0.450 e. The lowest BCUT2D eigenvalue weighted by molar-refractivity contribution is 0.0630. The van der Waals surface area contributed by atoms with E-state index < -0.39 is 5.43 Å². The maximum absolute atomic E-state index is 10.6. The molecule has 0 unspecified atom stereocenters. The lowest BCUT2D eigenvalue weighted by Crippen LogP contribution is -2.36. The van der Waals surface area contributed by atoms with Gasteiger partial charge in [0.05, 0.1) is 0 Å². The van der Waals surface area contributed by atoms with Crippen molar-refractivity contribution < 1.29 is 9.53 Å². The number of hydrogen-bond donors (Lipinski definition) is 0. The molecule has 1 saturated heterocycles. The molecule has 17 heavy (non-hydrogen) atoms. The minimum atomic E-state index is -0.688. The molecule has 0 N–H and O–H groups in total. The van der Waals surface area contributed by atoms with Crippen LogP contribution in [0, 0.1) is 0 Å². The van der Waals surface area contributed by atoms with E-state index in [-0.39, 0.29) is 6.10 Å². The summed E-state index contributed by atoms with van der Waals surface area (Å²) in [4.78, 5) is 13.0. The van der Waals surface area contributed by atoms with Crippen molar-refractivity contribution in [2.24, 2.45) is 0 Å². The van der Waals surface area contributed by atoms with Crippen LogP contribution in [-0.2, 0) is 11.3 Å². The van der Waals surface area contributed by atoms with Crippen LogP contribution < -0.4 is 0 Å². The molecule has 0 aliphatic carbocycles. The zero-order valence-corrected chi connectivity index (χ0v) is 10.4. The average Bonchev–Trinajstić information content (AvgIpc) is 2.32. The van der Waals surface area contributed by atoms with E-state index in [0.29, 0.717) is 0 Å². The van der Waals surface area contributed by atoms with Gasteiger partial charge in [-0.3, -0.25) is 4.90 Å². The first-order valence-corrected chi connectivity index (χ1v) is 6.24. The van der Waals surface area contributed by atoms with Gasteiger partial charge in [0.2, 0.25) is 0 Å². The van der Waals surface area contributed by atoms with Crippen molar-refractivity contribution in [2.45, 2.75) is 25.5 Å². The Kier molecular flexibility index (Phi) is 4.40. The second kappa shape index (κ2) is 6.03. The van der Waals surface area contributed by atoms with Crippen molar-refractivity contribution >= 4 is 17.0 Å². The van der Waals surface area contributed by atoms with Gasteiger partial charge in [-0.1, -0.05) is 30.3 Å². The number of rotatable bonds is 3. The molecule has 1 fully saturated rings. The molecule has 0 spiro atoms. The Morgan fingerprint density at radius 1 is 1.29 bits per heavy atom. The lowest BCUT2D eigenvalue weighted by atomic mass is 10.1. The normalized spacial score (nSPS) is 17.9. The number of nitrogens with zero attached hydrogens (tertiary/aromatic N) is 1. The van der Waals surface area contributed by atoms with Crippen molar-refractivity contribution in [2.75, 3.05) is 13.1 Å². The van der Waals surface area contributed by atoms with Gasteiger partial charge in [-0.05, 0) is 18.4 Å². The predicted octanol–water partition coefficient (Wildman–Crippen LogP) is 3.03. The summed E-state index contributed by atoms with van der Waals surface area (Å²) in [5.74, 6) is 0. The zero-order chi connectivity index (χ0) is 12.1. The van der Waals surface area contributed by atoms with Gasteiger partial charge in [0.15, 0.2) is 0 Å². The van der Waals surface area contributed by atoms with E-state index >= 15 is 0 Å². The summed E-state index contributed by atoms with van der Waals surface area (Å²) < 4.78 is 4.99. The smallest absolute Gasteiger partial charge is 0.404 e. The van der Waals surface area contributed by atoms with E-state index in [2.05, 4.69) is 29.2 Å². The summed E-state index contributed by atoms with van der Waals surface area (Å²) >= 11 is 5.20. The zero-order valence-electron chi connectivity index (χ0n) is 9.64. The number of benzene rings is 1. The van der Waals surface area contributed by atoms with Gasteiger partial charge in [0, 0.05) is 31.2 Å². The molecule has 1 aliphatic heterocycles. The number of carbonyl (C=O) groups excluding carboxylic acids is 1. The van der Waals surface area contributed by atoms with E-state index in [9.17, 15) is 4.79 Å². The molecule has 0 bridgehead atoms. The SMILES string of the molecule is O=C(Cl)OC1CCN(Cc2ccccc2)CC1. The molecule has 2 rings (SSSR count). The summed E-state index contributed by atoms with van der Waals surface area (Å²) in [6.07, 6.45) is 1.73. The molecule has 0 amide bonds. The molecule has 92 valence electrons. The summed E-state index contributed by atoms with van der Waals surface area (Å²) in [7, 11) is 0. The van der Waals surface area contributed by atoms with Crippen LogP contribution in [-0.4, -0.2) is 29.5 Å². The van der Waals surface area contributed by atoms with Crippen LogP contribution in [0.2, 0.25) is 0 Å². The first-order chi connectivity index (χ1) is 8.24. The number of carbonyl (C=O) groups is 1. The van der Waals surface area contributed by atoms with E-state index in [1.54, 1.807) is 0 Å². The Balaban J connectivity index is 1.78. The molecule has 0 aromatic heterocycles. The quantitative estimate of drug-likeness (QED) is 0.776. The molecule has 1 aromatic carbocycles. The van der Waals surface area contributed by atoms with Gasteiger partial charge >= 0.3 is 5.43 Å². The summed E-state index contributed by atoms with van der Waals surface area (Å²) in [6.45, 7) is 2.86. The van der Waals surface area contributed by atoms with Crippen LogP contribution in [0.4, 0.5) is 4.79 Å². The Labute approximate surface area is 106 Å². The molecule has 0 saturated carbocycles. The fraction of sp³-hybridized carbons (Fsp3) is 0.462. The third-order valence-corrected chi connectivity index (χ3v) is 3.13. The molecule has 3 nitrogen and oxygen atoms in total. The lowest BCUT2D eigenvalue weighted by Gasteiger charge is -2.31. The van der Waals surface area contributed by atoms with Gasteiger partial charge in [-0.15, -0.1) is 0 Å². The van der Waals surface area contributed by atoms with E-state index in [0.717, 1.165) is 32.5 Å². The first kappa shape index (κ1) is 12.4. The summed E-state index contributed by atoms with van der Waals surface area (Å²) in [5.41, 5.74) is 0.631. The Bertz CT molecular complexity index is 361. The number of hydrogen-bond acceptors (Lipinski definition) is 3. The maximum atomic E-state index is 10.6. The molecule has 1 aliphatic rings.